The lowest BCUT2D eigenvalue weighted by atomic mass is 10.1. The fourth-order valence-corrected chi connectivity index (χ4v) is 3.99. The third kappa shape index (κ3) is 5.71. The molecule has 164 valence electrons. The molecule has 0 saturated carbocycles. The monoisotopic (exact) mass is 555 g/mol. The molecule has 0 saturated heterocycles. The minimum Gasteiger partial charge on any atom is -0.478 e. The van der Waals surface area contributed by atoms with Crippen LogP contribution >= 0.6 is 39.1 Å². The molecule has 0 aliphatic heterocycles. The smallest absolute Gasteiger partial charge is 0.337 e. The Hall–Kier alpha value is -2.79. The number of halogens is 3. The van der Waals surface area contributed by atoms with E-state index in [0.717, 1.165) is 0 Å². The van der Waals surface area contributed by atoms with E-state index in [1.807, 2.05) is 0 Å². The number of nitrogens with one attached hydrogen (secondary N) is 1. The van der Waals surface area contributed by atoms with Gasteiger partial charge in [0, 0.05) is 10.0 Å². The second-order valence-corrected chi connectivity index (χ2v) is 9.54. The molecule has 3 aromatic carbocycles. The van der Waals surface area contributed by atoms with Crippen LogP contribution in [0, 0.1) is 0 Å². The molecule has 0 aromatic heterocycles. The molecule has 0 radical (unpaired) electrons. The maximum Gasteiger partial charge on any atom is 0.337 e. The van der Waals surface area contributed by atoms with Gasteiger partial charge in [-0.25, -0.2) is 4.79 Å². The van der Waals surface area contributed by atoms with Crippen LogP contribution < -0.4 is 5.32 Å². The maximum absolute atomic E-state index is 12.5. The van der Waals surface area contributed by atoms with Crippen LogP contribution in [0.5, 0.6) is 0 Å². The molecular weight excluding hydrogens is 545 g/mol. The molecule has 0 bridgehead atoms. The Morgan fingerprint density at radius 3 is 2.25 bits per heavy atom. The Kier molecular flexibility index (Phi) is 7.29. The molecule has 3 aromatic rings. The molecule has 0 fully saturated rings. The molecule has 0 aliphatic carbocycles. The van der Waals surface area contributed by atoms with Crippen molar-refractivity contribution in [3.05, 3.63) is 86.3 Å². The van der Waals surface area contributed by atoms with Gasteiger partial charge < -0.3 is 10.4 Å². The van der Waals surface area contributed by atoms with E-state index >= 15 is 0 Å². The zero-order valence-corrected chi connectivity index (χ0v) is 19.7. The van der Waals surface area contributed by atoms with Gasteiger partial charge in [-0.3, -0.25) is 4.79 Å². The van der Waals surface area contributed by atoms with Gasteiger partial charge in [0.2, 0.25) is 0 Å². The molecule has 0 atom stereocenters. The molecule has 0 aliphatic rings. The van der Waals surface area contributed by atoms with Crippen LogP contribution in [0.3, 0.4) is 0 Å². The van der Waals surface area contributed by atoms with Gasteiger partial charge in [-0.1, -0.05) is 43.7 Å². The predicted molar refractivity (Wildman–Crippen MR) is 124 cm³/mol. The van der Waals surface area contributed by atoms with E-state index in [4.69, 9.17) is 23.2 Å². The molecule has 0 spiro atoms. The van der Waals surface area contributed by atoms with Crippen LogP contribution in [0.1, 0.15) is 20.7 Å². The number of nitrogens with zero attached hydrogens (tertiary/aromatic N) is 2. The summed E-state index contributed by atoms with van der Waals surface area (Å²) in [6.45, 7) is 0. The molecule has 12 heteroatoms. The first-order valence-corrected chi connectivity index (χ1v) is 11.6. The summed E-state index contributed by atoms with van der Waals surface area (Å²) in [7, 11) is -4.10. The van der Waals surface area contributed by atoms with Crippen LogP contribution in [0.25, 0.3) is 0 Å². The highest BCUT2D eigenvalue weighted by atomic mass is 79.9. The number of aromatic carboxylic acids is 1. The summed E-state index contributed by atoms with van der Waals surface area (Å²) in [4.78, 5) is 23.7. The molecule has 0 heterocycles. The maximum atomic E-state index is 12.5. The van der Waals surface area contributed by atoms with Crippen molar-refractivity contribution < 1.29 is 23.1 Å². The van der Waals surface area contributed by atoms with Crippen molar-refractivity contribution in [2.75, 3.05) is 5.32 Å². The fourth-order valence-electron chi connectivity index (χ4n) is 2.46. The van der Waals surface area contributed by atoms with E-state index in [9.17, 15) is 23.1 Å². The SMILES string of the molecule is O=C(Nc1ccc(Br)cc1C(=O)O)c1ccc(N=NS(=O)(=O)c2ccc(Cl)c(Cl)c2)cc1. The first kappa shape index (κ1) is 23.9. The summed E-state index contributed by atoms with van der Waals surface area (Å²) >= 11 is 14.8. The predicted octanol–water partition coefficient (Wildman–Crippen LogP) is 6.18. The highest BCUT2D eigenvalue weighted by Crippen LogP contribution is 2.27. The van der Waals surface area contributed by atoms with Crippen LogP contribution in [0.2, 0.25) is 10.0 Å². The molecule has 2 N–H and O–H groups in total. The van der Waals surface area contributed by atoms with Crippen LogP contribution in [0.15, 0.2) is 79.7 Å². The van der Waals surface area contributed by atoms with Crippen molar-refractivity contribution in [1.82, 2.24) is 0 Å². The van der Waals surface area contributed by atoms with Gasteiger partial charge in [0.05, 0.1) is 31.9 Å². The second-order valence-electron chi connectivity index (χ2n) is 6.23. The average Bonchev–Trinajstić information content (AvgIpc) is 2.75. The second kappa shape index (κ2) is 9.78. The number of rotatable bonds is 6. The zero-order chi connectivity index (χ0) is 23.5. The molecule has 32 heavy (non-hydrogen) atoms. The fraction of sp³-hybridized carbons (Fsp3) is 0. The average molecular weight is 557 g/mol. The standard InChI is InChI=1S/C20H12BrCl2N3O5S/c21-12-3-8-18(15(9-12)20(28)29)24-19(27)11-1-4-13(5-2-11)25-26-32(30,31)14-6-7-16(22)17(23)10-14/h1-10H,(H,24,27)(H,28,29). The van der Waals surface area contributed by atoms with Gasteiger partial charge in [0.15, 0.2) is 0 Å². The topological polar surface area (TPSA) is 125 Å². The van der Waals surface area contributed by atoms with Gasteiger partial charge in [0.25, 0.3) is 15.9 Å². The highest BCUT2D eigenvalue weighted by Gasteiger charge is 2.16. The lowest BCUT2D eigenvalue weighted by molar-refractivity contribution is 0.0698. The summed E-state index contributed by atoms with van der Waals surface area (Å²) in [5.41, 5.74) is 0.434. The summed E-state index contributed by atoms with van der Waals surface area (Å²) in [6.07, 6.45) is 0. The number of carbonyl (C=O) groups is 2. The van der Waals surface area contributed by atoms with E-state index in [1.54, 1.807) is 6.07 Å². The summed E-state index contributed by atoms with van der Waals surface area (Å²) in [6, 6.07) is 13.8. The highest BCUT2D eigenvalue weighted by molar-refractivity contribution is 9.10. The van der Waals surface area contributed by atoms with Gasteiger partial charge in [-0.15, -0.1) is 5.11 Å². The number of amides is 1. The van der Waals surface area contributed by atoms with E-state index in [2.05, 4.69) is 30.9 Å². The van der Waals surface area contributed by atoms with Gasteiger partial charge in [-0.05, 0) is 60.7 Å². The lowest BCUT2D eigenvalue weighted by Crippen LogP contribution is -2.14. The van der Waals surface area contributed by atoms with Crippen molar-refractivity contribution in [3.8, 4) is 0 Å². The van der Waals surface area contributed by atoms with Crippen molar-refractivity contribution in [2.45, 2.75) is 4.90 Å². The normalized spacial score (nSPS) is 11.5. The van der Waals surface area contributed by atoms with Crippen molar-refractivity contribution in [2.24, 2.45) is 9.63 Å². The minimum absolute atomic E-state index is 0.0649. The number of sulfonamides is 1. The van der Waals surface area contributed by atoms with Crippen molar-refractivity contribution in [1.29, 1.82) is 0 Å². The zero-order valence-electron chi connectivity index (χ0n) is 15.8. The van der Waals surface area contributed by atoms with Crippen LogP contribution in [-0.2, 0) is 10.0 Å². The quantitative estimate of drug-likeness (QED) is 0.351. The van der Waals surface area contributed by atoms with E-state index < -0.39 is 21.9 Å². The Balaban J connectivity index is 1.75. The first-order valence-electron chi connectivity index (χ1n) is 8.64. The van der Waals surface area contributed by atoms with Crippen molar-refractivity contribution >= 4 is 72.4 Å². The summed E-state index contributed by atoms with van der Waals surface area (Å²) < 4.78 is 28.5. The summed E-state index contributed by atoms with van der Waals surface area (Å²) in [5.74, 6) is -1.75. The van der Waals surface area contributed by atoms with Gasteiger partial charge in [0.1, 0.15) is 0 Å². The molecule has 0 unspecified atom stereocenters. The number of carboxylic acids is 1. The van der Waals surface area contributed by atoms with Gasteiger partial charge >= 0.3 is 5.97 Å². The molecular formula is C20H12BrCl2N3O5S. The van der Waals surface area contributed by atoms with E-state index in [-0.39, 0.29) is 37.4 Å². The number of hydrogen-bond acceptors (Lipinski definition) is 5. The third-order valence-corrected chi connectivity index (χ3v) is 6.42. The largest absolute Gasteiger partial charge is 0.478 e. The third-order valence-electron chi connectivity index (χ3n) is 4.04. The lowest BCUT2D eigenvalue weighted by Gasteiger charge is -2.09. The number of carbonyl (C=O) groups excluding carboxylic acids is 1. The van der Waals surface area contributed by atoms with E-state index in [0.29, 0.717) is 4.47 Å². The van der Waals surface area contributed by atoms with Crippen LogP contribution in [-0.4, -0.2) is 25.4 Å². The molecule has 3 rings (SSSR count). The Bertz CT molecular complexity index is 1350. The van der Waals surface area contributed by atoms with Crippen molar-refractivity contribution in [3.63, 3.8) is 0 Å². The molecule has 1 amide bonds. The number of anilines is 1. The number of benzene rings is 3. The summed E-state index contributed by atoms with van der Waals surface area (Å²) in [5, 5.41) is 15.8. The number of hydrogen-bond donors (Lipinski definition) is 2. The molecule has 8 nitrogen and oxygen atoms in total. The number of carboxylic acid groups (broad SMARTS) is 1. The Labute approximate surface area is 201 Å². The van der Waals surface area contributed by atoms with E-state index in [1.165, 1.54) is 54.6 Å². The first-order chi connectivity index (χ1) is 15.1. The van der Waals surface area contributed by atoms with Crippen LogP contribution in [0.4, 0.5) is 11.4 Å². The minimum atomic E-state index is -4.10. The Morgan fingerprint density at radius 2 is 1.62 bits per heavy atom. The Morgan fingerprint density at radius 1 is 0.938 bits per heavy atom. The van der Waals surface area contributed by atoms with Gasteiger partial charge in [-0.2, -0.15) is 8.42 Å².